The maximum absolute atomic E-state index is 13.6. The number of aromatic nitrogens is 6. The van der Waals surface area contributed by atoms with Gasteiger partial charge < -0.3 is 14.5 Å². The summed E-state index contributed by atoms with van der Waals surface area (Å²) in [6, 6.07) is 15.0. The third-order valence-electron chi connectivity index (χ3n) is 5.44. The van der Waals surface area contributed by atoms with Gasteiger partial charge in [0.2, 0.25) is 0 Å². The molecule has 5 aromatic rings. The molecule has 0 saturated heterocycles. The Morgan fingerprint density at radius 2 is 1.97 bits per heavy atom. The van der Waals surface area contributed by atoms with Crippen molar-refractivity contribution in [2.24, 2.45) is 0 Å². The van der Waals surface area contributed by atoms with E-state index >= 15 is 0 Å². The van der Waals surface area contributed by atoms with Gasteiger partial charge in [-0.3, -0.25) is 0 Å². The molecule has 162 valence electrons. The van der Waals surface area contributed by atoms with E-state index in [-0.39, 0.29) is 5.82 Å². The lowest BCUT2D eigenvalue weighted by atomic mass is 10.1. The zero-order chi connectivity index (χ0) is 21.8. The van der Waals surface area contributed by atoms with E-state index < -0.39 is 0 Å². The number of H-pyrrole nitrogens is 2. The van der Waals surface area contributed by atoms with Gasteiger partial charge in [0.25, 0.3) is 0 Å². The van der Waals surface area contributed by atoms with Crippen LogP contribution in [-0.4, -0.2) is 29.7 Å². The van der Waals surface area contributed by atoms with Crippen molar-refractivity contribution in [3.63, 3.8) is 0 Å². The Morgan fingerprint density at radius 1 is 1.03 bits per heavy atom. The first-order valence-corrected chi connectivity index (χ1v) is 11.6. The van der Waals surface area contributed by atoms with Crippen molar-refractivity contribution in [2.75, 3.05) is 0 Å². The highest BCUT2D eigenvalue weighted by atomic mass is 32.2. The SMILES string of the molecule is Fc1cccc(CSc2nnc(Cc3c[nH]c4ccccc34)n2CCCc2c[nH]cn2)c1. The van der Waals surface area contributed by atoms with E-state index in [9.17, 15) is 4.39 Å². The van der Waals surface area contributed by atoms with Gasteiger partial charge in [-0.2, -0.15) is 0 Å². The fraction of sp³-hybridized carbons (Fsp3) is 0.208. The molecule has 6 nitrogen and oxygen atoms in total. The molecule has 0 fully saturated rings. The minimum absolute atomic E-state index is 0.219. The van der Waals surface area contributed by atoms with Crippen molar-refractivity contribution in [2.45, 2.75) is 36.7 Å². The van der Waals surface area contributed by atoms with E-state index in [2.05, 4.69) is 47.9 Å². The quantitative estimate of drug-likeness (QED) is 0.308. The first-order chi connectivity index (χ1) is 15.8. The molecule has 2 aromatic carbocycles. The zero-order valence-corrected chi connectivity index (χ0v) is 18.3. The van der Waals surface area contributed by atoms with Gasteiger partial charge in [0.1, 0.15) is 11.6 Å². The Balaban J connectivity index is 1.37. The average molecular weight is 447 g/mol. The largest absolute Gasteiger partial charge is 0.361 e. The minimum Gasteiger partial charge on any atom is -0.361 e. The normalized spacial score (nSPS) is 11.4. The van der Waals surface area contributed by atoms with Crippen LogP contribution in [0.3, 0.4) is 0 Å². The second-order valence-electron chi connectivity index (χ2n) is 7.67. The Kier molecular flexibility index (Phi) is 6.02. The Labute approximate surface area is 189 Å². The number of rotatable bonds is 9. The van der Waals surface area contributed by atoms with Crippen LogP contribution in [0.15, 0.2) is 72.4 Å². The number of nitrogens with one attached hydrogen (secondary N) is 2. The molecule has 0 amide bonds. The number of para-hydroxylation sites is 1. The van der Waals surface area contributed by atoms with Gasteiger partial charge in [-0.15, -0.1) is 10.2 Å². The summed E-state index contributed by atoms with van der Waals surface area (Å²) in [6.45, 7) is 0.795. The highest BCUT2D eigenvalue weighted by molar-refractivity contribution is 7.98. The second kappa shape index (κ2) is 9.40. The fourth-order valence-corrected chi connectivity index (χ4v) is 4.78. The summed E-state index contributed by atoms with van der Waals surface area (Å²) < 4.78 is 15.8. The van der Waals surface area contributed by atoms with Gasteiger partial charge in [-0.1, -0.05) is 42.1 Å². The monoisotopic (exact) mass is 446 g/mol. The molecular formula is C24H23FN6S. The maximum Gasteiger partial charge on any atom is 0.191 e. The smallest absolute Gasteiger partial charge is 0.191 e. The molecule has 0 atom stereocenters. The summed E-state index contributed by atoms with van der Waals surface area (Å²) in [6.07, 6.45) is 8.18. The zero-order valence-electron chi connectivity index (χ0n) is 17.5. The van der Waals surface area contributed by atoms with E-state index in [1.54, 1.807) is 30.2 Å². The molecule has 0 aliphatic carbocycles. The van der Waals surface area contributed by atoms with E-state index in [4.69, 9.17) is 0 Å². The molecular weight excluding hydrogens is 423 g/mol. The van der Waals surface area contributed by atoms with E-state index in [0.29, 0.717) is 12.2 Å². The standard InChI is InChI=1S/C24H23FN6S/c25-19-6-3-5-17(11-19)15-32-24-30-29-23(31(24)10-4-7-20-14-26-16-28-20)12-18-13-27-22-9-2-1-8-21(18)22/h1-3,5-6,8-9,11,13-14,16,27H,4,7,10,12,15H2,(H,26,28). The Morgan fingerprint density at radius 3 is 2.84 bits per heavy atom. The fourth-order valence-electron chi connectivity index (χ4n) is 3.85. The lowest BCUT2D eigenvalue weighted by Gasteiger charge is -2.10. The third-order valence-corrected chi connectivity index (χ3v) is 6.48. The lowest BCUT2D eigenvalue weighted by Crippen LogP contribution is -2.07. The van der Waals surface area contributed by atoms with Crippen LogP contribution in [0, 0.1) is 5.82 Å². The van der Waals surface area contributed by atoms with E-state index in [1.165, 1.54) is 17.0 Å². The van der Waals surface area contributed by atoms with Gasteiger partial charge in [-0.25, -0.2) is 9.37 Å². The molecule has 0 bridgehead atoms. The first kappa shape index (κ1) is 20.5. The predicted octanol–water partition coefficient (Wildman–Crippen LogP) is 5.14. The Bertz CT molecular complexity index is 1310. The number of aromatic amines is 2. The first-order valence-electron chi connectivity index (χ1n) is 10.6. The molecule has 5 rings (SSSR count). The van der Waals surface area contributed by atoms with Gasteiger partial charge in [-0.05, 0) is 42.2 Å². The summed E-state index contributed by atoms with van der Waals surface area (Å²) in [7, 11) is 0. The predicted molar refractivity (Wildman–Crippen MR) is 124 cm³/mol. The molecule has 3 aromatic heterocycles. The van der Waals surface area contributed by atoms with Crippen molar-refractivity contribution in [3.8, 4) is 0 Å². The molecule has 32 heavy (non-hydrogen) atoms. The van der Waals surface area contributed by atoms with Crippen molar-refractivity contribution in [3.05, 3.63) is 95.7 Å². The van der Waals surface area contributed by atoms with Crippen molar-refractivity contribution >= 4 is 22.7 Å². The summed E-state index contributed by atoms with van der Waals surface area (Å²) in [5.74, 6) is 1.35. The maximum atomic E-state index is 13.6. The molecule has 0 spiro atoms. The van der Waals surface area contributed by atoms with Crippen LogP contribution < -0.4 is 0 Å². The van der Waals surface area contributed by atoms with E-state index in [1.807, 2.05) is 24.5 Å². The number of aryl methyl sites for hydroxylation is 1. The van der Waals surface area contributed by atoms with Gasteiger partial charge >= 0.3 is 0 Å². The number of benzene rings is 2. The molecule has 0 radical (unpaired) electrons. The number of hydrogen-bond acceptors (Lipinski definition) is 4. The van der Waals surface area contributed by atoms with Crippen LogP contribution in [0.5, 0.6) is 0 Å². The summed E-state index contributed by atoms with van der Waals surface area (Å²) in [5, 5.41) is 11.1. The van der Waals surface area contributed by atoms with Crippen LogP contribution in [0.4, 0.5) is 4.39 Å². The minimum atomic E-state index is -0.219. The highest BCUT2D eigenvalue weighted by Crippen LogP contribution is 2.26. The van der Waals surface area contributed by atoms with E-state index in [0.717, 1.165) is 47.1 Å². The molecule has 3 heterocycles. The lowest BCUT2D eigenvalue weighted by molar-refractivity contribution is 0.572. The molecule has 2 N–H and O–H groups in total. The van der Waals surface area contributed by atoms with Crippen LogP contribution >= 0.6 is 11.8 Å². The third kappa shape index (κ3) is 4.60. The number of halogens is 1. The molecule has 0 aliphatic rings. The summed E-state index contributed by atoms with van der Waals surface area (Å²) >= 11 is 1.59. The molecule has 0 saturated carbocycles. The van der Waals surface area contributed by atoms with Gasteiger partial charge in [0.05, 0.1) is 12.0 Å². The second-order valence-corrected chi connectivity index (χ2v) is 8.61. The number of thioether (sulfide) groups is 1. The number of hydrogen-bond donors (Lipinski definition) is 2. The molecule has 8 heteroatoms. The van der Waals surface area contributed by atoms with Crippen LogP contribution in [0.1, 0.15) is 29.1 Å². The average Bonchev–Trinajstić information content (AvgIpc) is 3.55. The van der Waals surface area contributed by atoms with Crippen LogP contribution in [0.2, 0.25) is 0 Å². The van der Waals surface area contributed by atoms with Crippen molar-refractivity contribution in [1.82, 2.24) is 29.7 Å². The summed E-state index contributed by atoms with van der Waals surface area (Å²) in [5.41, 5.74) is 4.29. The topological polar surface area (TPSA) is 75.2 Å². The number of fused-ring (bicyclic) bond motifs is 1. The molecule has 0 unspecified atom stereocenters. The molecule has 0 aliphatic heterocycles. The van der Waals surface area contributed by atoms with Gasteiger partial charge in [0.15, 0.2) is 5.16 Å². The highest BCUT2D eigenvalue weighted by Gasteiger charge is 2.15. The van der Waals surface area contributed by atoms with Crippen LogP contribution in [0.25, 0.3) is 10.9 Å². The number of nitrogens with zero attached hydrogens (tertiary/aromatic N) is 4. The number of imidazole rings is 1. The van der Waals surface area contributed by atoms with Crippen molar-refractivity contribution in [1.29, 1.82) is 0 Å². The Hall–Kier alpha value is -3.39. The van der Waals surface area contributed by atoms with Gasteiger partial charge in [0, 0.05) is 42.0 Å². The van der Waals surface area contributed by atoms with Crippen LogP contribution in [-0.2, 0) is 25.1 Å². The summed E-state index contributed by atoms with van der Waals surface area (Å²) in [4.78, 5) is 10.7. The van der Waals surface area contributed by atoms with Crippen molar-refractivity contribution < 1.29 is 4.39 Å².